The third-order valence-electron chi connectivity index (χ3n) is 4.01. The van der Waals surface area contributed by atoms with Crippen molar-refractivity contribution in [1.82, 2.24) is 10.2 Å². The summed E-state index contributed by atoms with van der Waals surface area (Å²) in [5.41, 5.74) is 0. The van der Waals surface area contributed by atoms with Crippen LogP contribution in [0.5, 0.6) is 0 Å². The number of amides is 2. The van der Waals surface area contributed by atoms with E-state index in [1.807, 2.05) is 16.7 Å². The van der Waals surface area contributed by atoms with Gasteiger partial charge in [-0.1, -0.05) is 27.7 Å². The van der Waals surface area contributed by atoms with Gasteiger partial charge in [0.05, 0.1) is 0 Å². The van der Waals surface area contributed by atoms with E-state index in [4.69, 9.17) is 5.11 Å². The highest BCUT2D eigenvalue weighted by Gasteiger charge is 2.26. The third kappa shape index (κ3) is 6.92. The van der Waals surface area contributed by atoms with Crippen LogP contribution in [0.15, 0.2) is 0 Å². The number of carbonyl (C=O) groups is 1. The van der Waals surface area contributed by atoms with E-state index in [0.29, 0.717) is 29.5 Å². The molecule has 124 valence electrons. The Morgan fingerprint density at radius 3 is 2.67 bits per heavy atom. The lowest BCUT2D eigenvalue weighted by Crippen LogP contribution is -2.49. The minimum Gasteiger partial charge on any atom is -0.396 e. The van der Waals surface area contributed by atoms with Crippen LogP contribution < -0.4 is 5.32 Å². The van der Waals surface area contributed by atoms with Crippen molar-refractivity contribution in [2.45, 2.75) is 45.8 Å². The first-order chi connectivity index (χ1) is 9.93. The van der Waals surface area contributed by atoms with E-state index in [9.17, 15) is 4.79 Å². The highest BCUT2D eigenvalue weighted by atomic mass is 32.2. The lowest BCUT2D eigenvalue weighted by molar-refractivity contribution is 0.190. The summed E-state index contributed by atoms with van der Waals surface area (Å²) in [6.07, 6.45) is 1.81. The van der Waals surface area contributed by atoms with Crippen LogP contribution in [0, 0.1) is 17.8 Å². The molecule has 4 nitrogen and oxygen atoms in total. The highest BCUT2D eigenvalue weighted by Crippen LogP contribution is 2.24. The van der Waals surface area contributed by atoms with Crippen LogP contribution in [0.3, 0.4) is 0 Å². The van der Waals surface area contributed by atoms with Crippen LogP contribution in [0.1, 0.15) is 40.5 Å². The van der Waals surface area contributed by atoms with Gasteiger partial charge in [-0.15, -0.1) is 0 Å². The average molecular weight is 317 g/mol. The maximum Gasteiger partial charge on any atom is 0.317 e. The number of rotatable bonds is 7. The minimum absolute atomic E-state index is 0.0626. The minimum atomic E-state index is 0.0626. The van der Waals surface area contributed by atoms with Crippen molar-refractivity contribution in [2.75, 3.05) is 32.0 Å². The smallest absolute Gasteiger partial charge is 0.317 e. The van der Waals surface area contributed by atoms with Gasteiger partial charge in [-0.05, 0) is 30.6 Å². The first-order valence-electron chi connectivity index (χ1n) is 8.19. The molecule has 0 aliphatic carbocycles. The van der Waals surface area contributed by atoms with Crippen LogP contribution in [0.25, 0.3) is 0 Å². The predicted molar refractivity (Wildman–Crippen MR) is 90.7 cm³/mol. The molecule has 21 heavy (non-hydrogen) atoms. The number of hydrogen-bond acceptors (Lipinski definition) is 3. The van der Waals surface area contributed by atoms with E-state index >= 15 is 0 Å². The highest BCUT2D eigenvalue weighted by molar-refractivity contribution is 8.00. The molecule has 1 fully saturated rings. The molecule has 2 amide bonds. The van der Waals surface area contributed by atoms with Gasteiger partial charge in [-0.25, -0.2) is 4.79 Å². The SMILES string of the molecule is CC(C)CC(CCO)CNC(=O)N1CCSC(C(C)C)C1. The normalized spacial score (nSPS) is 20.9. The molecule has 2 unspecified atom stereocenters. The molecule has 0 aromatic carbocycles. The van der Waals surface area contributed by atoms with Crippen LogP contribution in [-0.2, 0) is 0 Å². The van der Waals surface area contributed by atoms with E-state index in [1.54, 1.807) is 0 Å². The molecule has 1 saturated heterocycles. The number of hydrogen-bond donors (Lipinski definition) is 2. The fourth-order valence-electron chi connectivity index (χ4n) is 2.76. The molecule has 2 N–H and O–H groups in total. The summed E-state index contributed by atoms with van der Waals surface area (Å²) in [5.74, 6) is 2.60. The monoisotopic (exact) mass is 316 g/mol. The van der Waals surface area contributed by atoms with Crippen LogP contribution in [0.4, 0.5) is 4.79 Å². The fraction of sp³-hybridized carbons (Fsp3) is 0.938. The lowest BCUT2D eigenvalue weighted by atomic mass is 9.94. The van der Waals surface area contributed by atoms with Gasteiger partial charge in [0.25, 0.3) is 0 Å². The van der Waals surface area contributed by atoms with Gasteiger partial charge in [0, 0.05) is 37.2 Å². The van der Waals surface area contributed by atoms with Gasteiger partial charge >= 0.3 is 6.03 Å². The van der Waals surface area contributed by atoms with Gasteiger partial charge in [-0.3, -0.25) is 0 Å². The van der Waals surface area contributed by atoms with Crippen LogP contribution >= 0.6 is 11.8 Å². The van der Waals surface area contributed by atoms with Crippen molar-refractivity contribution in [3.63, 3.8) is 0 Å². The first-order valence-corrected chi connectivity index (χ1v) is 9.24. The quantitative estimate of drug-likeness (QED) is 0.759. The van der Waals surface area contributed by atoms with Crippen molar-refractivity contribution in [2.24, 2.45) is 17.8 Å². The predicted octanol–water partition coefficient (Wildman–Crippen LogP) is 2.81. The van der Waals surface area contributed by atoms with Crippen molar-refractivity contribution >= 4 is 17.8 Å². The Morgan fingerprint density at radius 1 is 1.38 bits per heavy atom. The lowest BCUT2D eigenvalue weighted by Gasteiger charge is -2.34. The van der Waals surface area contributed by atoms with Crippen molar-refractivity contribution in [3.8, 4) is 0 Å². The Hall–Kier alpha value is -0.420. The summed E-state index contributed by atoms with van der Waals surface area (Å²) in [5, 5.41) is 12.8. The van der Waals surface area contributed by atoms with Crippen LogP contribution in [-0.4, -0.2) is 53.3 Å². The maximum atomic E-state index is 12.3. The molecular weight excluding hydrogens is 284 g/mol. The Balaban J connectivity index is 2.40. The topological polar surface area (TPSA) is 52.6 Å². The summed E-state index contributed by atoms with van der Waals surface area (Å²) in [6.45, 7) is 11.4. The van der Waals surface area contributed by atoms with E-state index < -0.39 is 0 Å². The standard InChI is InChI=1S/C16H32N2O2S/c1-12(2)9-14(5-7-19)10-17-16(20)18-6-8-21-15(11-18)13(3)4/h12-15,19H,5-11H2,1-4H3,(H,17,20). The Morgan fingerprint density at radius 2 is 2.10 bits per heavy atom. The number of carbonyl (C=O) groups excluding carboxylic acids is 1. The van der Waals surface area contributed by atoms with E-state index in [1.165, 1.54) is 0 Å². The van der Waals surface area contributed by atoms with Crippen molar-refractivity contribution in [1.29, 1.82) is 0 Å². The van der Waals surface area contributed by atoms with Gasteiger partial charge in [-0.2, -0.15) is 11.8 Å². The molecule has 1 heterocycles. The number of aliphatic hydroxyl groups is 1. The zero-order valence-corrected chi connectivity index (χ0v) is 14.8. The average Bonchev–Trinajstić information content (AvgIpc) is 2.44. The second-order valence-corrected chi connectivity index (χ2v) is 8.14. The first kappa shape index (κ1) is 18.6. The van der Waals surface area contributed by atoms with E-state index in [2.05, 4.69) is 33.0 Å². The summed E-state index contributed by atoms with van der Waals surface area (Å²) >= 11 is 1.98. The molecule has 0 bridgehead atoms. The molecule has 0 aromatic rings. The molecule has 2 atom stereocenters. The van der Waals surface area contributed by atoms with E-state index in [-0.39, 0.29) is 12.6 Å². The summed E-state index contributed by atoms with van der Waals surface area (Å²) in [7, 11) is 0. The maximum absolute atomic E-state index is 12.3. The third-order valence-corrected chi connectivity index (χ3v) is 5.55. The summed E-state index contributed by atoms with van der Waals surface area (Å²) < 4.78 is 0. The Kier molecular flexibility index (Phi) is 8.49. The second kappa shape index (κ2) is 9.57. The van der Waals surface area contributed by atoms with Crippen molar-refractivity contribution < 1.29 is 9.90 Å². The molecule has 1 aliphatic heterocycles. The molecule has 0 spiro atoms. The van der Waals surface area contributed by atoms with Gasteiger partial charge in [0.15, 0.2) is 0 Å². The Labute approximate surface area is 134 Å². The van der Waals surface area contributed by atoms with E-state index in [0.717, 1.165) is 31.7 Å². The molecule has 1 rings (SSSR count). The zero-order valence-electron chi connectivity index (χ0n) is 14.0. The Bertz CT molecular complexity index is 311. The van der Waals surface area contributed by atoms with Crippen LogP contribution in [0.2, 0.25) is 0 Å². The number of aliphatic hydroxyl groups excluding tert-OH is 1. The zero-order chi connectivity index (χ0) is 15.8. The number of urea groups is 1. The molecule has 5 heteroatoms. The van der Waals surface area contributed by atoms with Gasteiger partial charge < -0.3 is 15.3 Å². The molecule has 0 radical (unpaired) electrons. The number of nitrogens with zero attached hydrogens (tertiary/aromatic N) is 1. The second-order valence-electron chi connectivity index (χ2n) is 6.79. The fourth-order valence-corrected chi connectivity index (χ4v) is 4.06. The molecule has 0 saturated carbocycles. The van der Waals surface area contributed by atoms with Gasteiger partial charge in [0.2, 0.25) is 0 Å². The van der Waals surface area contributed by atoms with Crippen molar-refractivity contribution in [3.05, 3.63) is 0 Å². The summed E-state index contributed by atoms with van der Waals surface area (Å²) in [6, 6.07) is 0.0626. The molecule has 0 aromatic heterocycles. The molecular formula is C16H32N2O2S. The summed E-state index contributed by atoms with van der Waals surface area (Å²) in [4.78, 5) is 14.3. The molecule has 1 aliphatic rings. The number of nitrogens with one attached hydrogen (secondary N) is 1. The largest absolute Gasteiger partial charge is 0.396 e. The number of thioether (sulfide) groups is 1. The van der Waals surface area contributed by atoms with Gasteiger partial charge in [0.1, 0.15) is 0 Å².